The summed E-state index contributed by atoms with van der Waals surface area (Å²) in [4.78, 5) is 19.4. The number of aryl methyl sites for hydroxylation is 1. The van der Waals surface area contributed by atoms with Gasteiger partial charge in [-0.2, -0.15) is 5.10 Å². The summed E-state index contributed by atoms with van der Waals surface area (Å²) in [7, 11) is 0. The number of aromatic nitrogens is 3. The van der Waals surface area contributed by atoms with Gasteiger partial charge in [-0.3, -0.25) is 9.89 Å². The number of hydrogen-bond acceptors (Lipinski definition) is 4. The number of ether oxygens (including phenoxy) is 1. The fourth-order valence-electron chi connectivity index (χ4n) is 3.77. The van der Waals surface area contributed by atoms with Crippen LogP contribution in [0.2, 0.25) is 0 Å². The third-order valence-electron chi connectivity index (χ3n) is 5.22. The molecule has 2 fully saturated rings. The zero-order valence-electron chi connectivity index (χ0n) is 14.3. The molecule has 2 unspecified atom stereocenters. The van der Waals surface area contributed by atoms with Crippen LogP contribution < -0.4 is 0 Å². The molecule has 3 rings (SSSR count). The molecule has 0 spiro atoms. The number of rotatable bonds is 4. The lowest BCUT2D eigenvalue weighted by molar-refractivity contribution is -0.146. The molecule has 3 heterocycles. The van der Waals surface area contributed by atoms with Crippen molar-refractivity contribution < 1.29 is 9.53 Å². The quantitative estimate of drug-likeness (QED) is 0.924. The summed E-state index contributed by atoms with van der Waals surface area (Å²) >= 11 is 0. The molecule has 0 radical (unpaired) electrons. The van der Waals surface area contributed by atoms with Crippen LogP contribution in [0.15, 0.2) is 0 Å². The Morgan fingerprint density at radius 1 is 1.30 bits per heavy atom. The van der Waals surface area contributed by atoms with Gasteiger partial charge >= 0.3 is 0 Å². The highest BCUT2D eigenvalue weighted by atomic mass is 16.5. The van der Waals surface area contributed by atoms with Crippen LogP contribution in [0.4, 0.5) is 0 Å². The fourth-order valence-corrected chi connectivity index (χ4v) is 3.77. The molecular weight excluding hydrogens is 292 g/mol. The topological polar surface area (TPSA) is 71.1 Å². The zero-order valence-corrected chi connectivity index (χ0v) is 14.3. The third kappa shape index (κ3) is 3.57. The van der Waals surface area contributed by atoms with E-state index in [1.54, 1.807) is 0 Å². The van der Waals surface area contributed by atoms with Crippen molar-refractivity contribution in [3.05, 3.63) is 11.6 Å². The van der Waals surface area contributed by atoms with E-state index in [-0.39, 0.29) is 12.0 Å². The Morgan fingerprint density at radius 2 is 2.09 bits per heavy atom. The monoisotopic (exact) mass is 320 g/mol. The number of likely N-dealkylation sites (tertiary alicyclic amines) is 1. The summed E-state index contributed by atoms with van der Waals surface area (Å²) in [5.74, 6) is 2.59. The minimum atomic E-state index is 0.0560. The maximum atomic E-state index is 12.8. The number of piperidine rings is 1. The van der Waals surface area contributed by atoms with Crippen LogP contribution in [-0.4, -0.2) is 51.8 Å². The van der Waals surface area contributed by atoms with E-state index in [1.165, 1.54) is 0 Å². The highest BCUT2D eigenvalue weighted by molar-refractivity contribution is 5.79. The van der Waals surface area contributed by atoms with E-state index in [0.29, 0.717) is 11.8 Å². The number of nitrogens with one attached hydrogen (secondary N) is 1. The van der Waals surface area contributed by atoms with Gasteiger partial charge < -0.3 is 9.64 Å². The van der Waals surface area contributed by atoms with E-state index < -0.39 is 0 Å². The highest BCUT2D eigenvalue weighted by Gasteiger charge is 2.35. The first-order chi connectivity index (χ1) is 11.2. The molecule has 2 aliphatic heterocycles. The van der Waals surface area contributed by atoms with Gasteiger partial charge in [0.05, 0.1) is 12.0 Å². The van der Waals surface area contributed by atoms with Crippen molar-refractivity contribution in [1.29, 1.82) is 0 Å². The average Bonchev–Trinajstić information content (AvgIpc) is 3.10. The molecule has 23 heavy (non-hydrogen) atoms. The molecule has 1 amide bonds. The second kappa shape index (κ2) is 7.43. The second-order valence-corrected chi connectivity index (χ2v) is 6.66. The predicted molar refractivity (Wildman–Crippen MR) is 87.1 cm³/mol. The largest absolute Gasteiger partial charge is 0.377 e. The van der Waals surface area contributed by atoms with E-state index in [2.05, 4.69) is 29.0 Å². The summed E-state index contributed by atoms with van der Waals surface area (Å²) in [5.41, 5.74) is 0. The van der Waals surface area contributed by atoms with Crippen LogP contribution in [0.1, 0.15) is 63.5 Å². The number of amides is 1. The van der Waals surface area contributed by atoms with Crippen LogP contribution in [0.5, 0.6) is 0 Å². The van der Waals surface area contributed by atoms with E-state index >= 15 is 0 Å². The number of nitrogens with zero attached hydrogens (tertiary/aromatic N) is 3. The Morgan fingerprint density at radius 3 is 2.74 bits per heavy atom. The molecule has 1 aromatic rings. The molecule has 1 N–H and O–H groups in total. The van der Waals surface area contributed by atoms with Crippen molar-refractivity contribution in [3.8, 4) is 0 Å². The van der Waals surface area contributed by atoms with Crippen molar-refractivity contribution in [2.75, 3.05) is 19.7 Å². The molecule has 2 atom stereocenters. The SMILES string of the molecule is CCc1nc(C2CCN(C(=O)C3CCCOC3CC)CC2)n[nH]1. The molecule has 6 heteroatoms. The summed E-state index contributed by atoms with van der Waals surface area (Å²) in [6.07, 6.45) is 5.79. The van der Waals surface area contributed by atoms with Gasteiger partial charge in [0.1, 0.15) is 5.82 Å². The Hall–Kier alpha value is -1.43. The molecule has 128 valence electrons. The predicted octanol–water partition coefficient (Wildman–Crippen LogP) is 2.28. The minimum Gasteiger partial charge on any atom is -0.377 e. The molecule has 0 aliphatic carbocycles. The molecule has 2 aliphatic rings. The molecule has 0 bridgehead atoms. The smallest absolute Gasteiger partial charge is 0.228 e. The lowest BCUT2D eigenvalue weighted by atomic mass is 9.89. The molecule has 0 saturated carbocycles. The maximum absolute atomic E-state index is 12.8. The van der Waals surface area contributed by atoms with Crippen molar-refractivity contribution in [2.24, 2.45) is 5.92 Å². The second-order valence-electron chi connectivity index (χ2n) is 6.66. The summed E-state index contributed by atoms with van der Waals surface area (Å²) in [6, 6.07) is 0. The van der Waals surface area contributed by atoms with Gasteiger partial charge in [0.25, 0.3) is 0 Å². The van der Waals surface area contributed by atoms with Crippen LogP contribution in [0, 0.1) is 5.92 Å². The van der Waals surface area contributed by atoms with E-state index in [9.17, 15) is 4.79 Å². The van der Waals surface area contributed by atoms with Gasteiger partial charge in [-0.1, -0.05) is 13.8 Å². The van der Waals surface area contributed by atoms with Crippen molar-refractivity contribution in [1.82, 2.24) is 20.1 Å². The summed E-state index contributed by atoms with van der Waals surface area (Å²) in [5, 5.41) is 7.33. The first kappa shape index (κ1) is 16.4. The van der Waals surface area contributed by atoms with E-state index in [0.717, 1.165) is 69.9 Å². The Labute approximate surface area is 138 Å². The van der Waals surface area contributed by atoms with Crippen LogP contribution >= 0.6 is 0 Å². The molecule has 0 aromatic carbocycles. The number of carbonyl (C=O) groups is 1. The van der Waals surface area contributed by atoms with Gasteiger partial charge in [0.2, 0.25) is 5.91 Å². The molecule has 2 saturated heterocycles. The van der Waals surface area contributed by atoms with Crippen molar-refractivity contribution in [3.63, 3.8) is 0 Å². The Balaban J connectivity index is 1.56. The standard InChI is InChI=1S/C17H28N4O2/c1-3-14-13(6-5-11-23-14)17(22)21-9-7-12(8-10-21)16-18-15(4-2)19-20-16/h12-14H,3-11H2,1-2H3,(H,18,19,20). The number of carbonyl (C=O) groups excluding carboxylic acids is 1. The van der Waals surface area contributed by atoms with Gasteiger partial charge in [-0.15, -0.1) is 0 Å². The van der Waals surface area contributed by atoms with Crippen molar-refractivity contribution >= 4 is 5.91 Å². The van der Waals surface area contributed by atoms with Gasteiger partial charge in [0.15, 0.2) is 5.82 Å². The van der Waals surface area contributed by atoms with E-state index in [4.69, 9.17) is 4.74 Å². The lowest BCUT2D eigenvalue weighted by Crippen LogP contribution is -2.46. The Kier molecular flexibility index (Phi) is 5.30. The van der Waals surface area contributed by atoms with Crippen LogP contribution in [-0.2, 0) is 16.0 Å². The Bertz CT molecular complexity index is 522. The highest BCUT2D eigenvalue weighted by Crippen LogP contribution is 2.30. The number of hydrogen-bond donors (Lipinski definition) is 1. The number of H-pyrrole nitrogens is 1. The first-order valence-corrected chi connectivity index (χ1v) is 9.04. The zero-order chi connectivity index (χ0) is 16.2. The third-order valence-corrected chi connectivity index (χ3v) is 5.22. The lowest BCUT2D eigenvalue weighted by Gasteiger charge is -2.37. The summed E-state index contributed by atoms with van der Waals surface area (Å²) < 4.78 is 5.79. The summed E-state index contributed by atoms with van der Waals surface area (Å²) in [6.45, 7) is 6.60. The van der Waals surface area contributed by atoms with Crippen LogP contribution in [0.3, 0.4) is 0 Å². The maximum Gasteiger partial charge on any atom is 0.228 e. The average molecular weight is 320 g/mol. The fraction of sp³-hybridized carbons (Fsp3) is 0.824. The number of aromatic amines is 1. The van der Waals surface area contributed by atoms with Gasteiger partial charge in [-0.25, -0.2) is 4.98 Å². The van der Waals surface area contributed by atoms with Gasteiger partial charge in [-0.05, 0) is 32.1 Å². The normalized spacial score (nSPS) is 26.4. The molecule has 6 nitrogen and oxygen atoms in total. The minimum absolute atomic E-state index is 0.0560. The molecule has 1 aromatic heterocycles. The first-order valence-electron chi connectivity index (χ1n) is 9.04. The van der Waals surface area contributed by atoms with Gasteiger partial charge in [0, 0.05) is 32.0 Å². The van der Waals surface area contributed by atoms with Crippen molar-refractivity contribution in [2.45, 2.75) is 64.4 Å². The van der Waals surface area contributed by atoms with Crippen LogP contribution in [0.25, 0.3) is 0 Å². The van der Waals surface area contributed by atoms with E-state index in [1.807, 2.05) is 4.90 Å². The molecular formula is C17H28N4O2.